The molecule has 0 saturated heterocycles. The molecule has 70 valence electrons. The molecule has 0 aliphatic carbocycles. The Balaban J connectivity index is 4.40. The summed E-state index contributed by atoms with van der Waals surface area (Å²) in [6.45, 7) is 9.64. The lowest BCUT2D eigenvalue weighted by Crippen LogP contribution is -2.24. The monoisotopic (exact) mass is 190 g/mol. The molecule has 0 aliphatic rings. The van der Waals surface area contributed by atoms with Crippen LogP contribution in [0.25, 0.3) is 0 Å². The number of carbonyl (C=O) groups is 1. The van der Waals surface area contributed by atoms with Gasteiger partial charge in [-0.25, -0.2) is 4.79 Å². The zero-order valence-corrected chi connectivity index (χ0v) is 8.85. The third kappa shape index (κ3) is 3.72. The van der Waals surface area contributed by atoms with Gasteiger partial charge in [-0.2, -0.15) is 0 Å². The van der Waals surface area contributed by atoms with E-state index in [2.05, 4.69) is 6.58 Å². The van der Waals surface area contributed by atoms with Crippen molar-refractivity contribution in [3.63, 3.8) is 0 Å². The van der Waals surface area contributed by atoms with Crippen LogP contribution < -0.4 is 0 Å². The van der Waals surface area contributed by atoms with Crippen LogP contribution in [0.4, 0.5) is 4.79 Å². The first kappa shape index (κ1) is 11.4. The SMILES string of the molecule is C=CC(C)(C)OC(=O)P(C)(C)=O. The molecule has 0 rings (SSSR count). The first-order valence-electron chi connectivity index (χ1n) is 3.61. The van der Waals surface area contributed by atoms with Gasteiger partial charge in [-0.1, -0.05) is 6.58 Å². The molecule has 0 aromatic carbocycles. The zero-order chi connectivity index (χ0) is 9.99. The van der Waals surface area contributed by atoms with Crippen molar-refractivity contribution in [3.8, 4) is 0 Å². The highest BCUT2D eigenvalue weighted by Gasteiger charge is 2.27. The first-order valence-corrected chi connectivity index (χ1v) is 6.21. The van der Waals surface area contributed by atoms with Gasteiger partial charge in [0, 0.05) is 0 Å². The normalized spacial score (nSPS) is 12.3. The Morgan fingerprint density at radius 1 is 1.50 bits per heavy atom. The van der Waals surface area contributed by atoms with Gasteiger partial charge < -0.3 is 9.30 Å². The van der Waals surface area contributed by atoms with Gasteiger partial charge in [0.2, 0.25) is 0 Å². The molecule has 0 atom stereocenters. The van der Waals surface area contributed by atoms with Gasteiger partial charge in [0.25, 0.3) is 0 Å². The molecule has 0 radical (unpaired) electrons. The number of hydrogen-bond acceptors (Lipinski definition) is 3. The summed E-state index contributed by atoms with van der Waals surface area (Å²) in [5, 5.41) is 0. The summed E-state index contributed by atoms with van der Waals surface area (Å²) in [5.74, 6) is 0. The maximum absolute atomic E-state index is 11.2. The minimum atomic E-state index is -2.78. The Morgan fingerprint density at radius 2 is 1.92 bits per heavy atom. The third-order valence-corrected chi connectivity index (χ3v) is 2.25. The molecule has 0 aliphatic heterocycles. The average molecular weight is 190 g/mol. The van der Waals surface area contributed by atoms with Gasteiger partial charge >= 0.3 is 5.71 Å². The second kappa shape index (κ2) is 3.44. The van der Waals surface area contributed by atoms with Crippen LogP contribution in [0.3, 0.4) is 0 Å². The predicted octanol–water partition coefficient (Wildman–Crippen LogP) is 2.71. The molecule has 0 bridgehead atoms. The Bertz CT molecular complexity index is 237. The summed E-state index contributed by atoms with van der Waals surface area (Å²) >= 11 is 0. The second-order valence-corrected chi connectivity index (χ2v) is 6.59. The maximum atomic E-state index is 11.2. The molecule has 0 aromatic heterocycles. The van der Waals surface area contributed by atoms with E-state index in [0.29, 0.717) is 0 Å². The molecule has 0 saturated carbocycles. The fraction of sp³-hybridized carbons (Fsp3) is 0.625. The fourth-order valence-corrected chi connectivity index (χ4v) is 0.832. The van der Waals surface area contributed by atoms with Crippen LogP contribution in [0.2, 0.25) is 0 Å². The lowest BCUT2D eigenvalue weighted by molar-refractivity contribution is 0.0931. The molecule has 0 unspecified atom stereocenters. The smallest absolute Gasteiger partial charge is 0.364 e. The predicted molar refractivity (Wildman–Crippen MR) is 50.2 cm³/mol. The fourth-order valence-electron chi connectivity index (χ4n) is 0.377. The second-order valence-electron chi connectivity index (χ2n) is 3.53. The van der Waals surface area contributed by atoms with Crippen molar-refractivity contribution < 1.29 is 14.1 Å². The van der Waals surface area contributed by atoms with Crippen LogP contribution in [-0.4, -0.2) is 24.6 Å². The number of ether oxygens (including phenoxy) is 1. The van der Waals surface area contributed by atoms with Gasteiger partial charge in [0.15, 0.2) is 7.14 Å². The topological polar surface area (TPSA) is 43.4 Å². The number of hydrogen-bond donors (Lipinski definition) is 0. The Morgan fingerprint density at radius 3 is 2.17 bits per heavy atom. The molecular weight excluding hydrogens is 175 g/mol. The van der Waals surface area contributed by atoms with Gasteiger partial charge in [-0.15, -0.1) is 0 Å². The average Bonchev–Trinajstić information content (AvgIpc) is 1.85. The van der Waals surface area contributed by atoms with E-state index in [4.69, 9.17) is 4.74 Å². The first-order chi connectivity index (χ1) is 5.19. The van der Waals surface area contributed by atoms with Crippen molar-refractivity contribution >= 4 is 12.9 Å². The van der Waals surface area contributed by atoms with Crippen molar-refractivity contribution in [1.29, 1.82) is 0 Å². The van der Waals surface area contributed by atoms with Gasteiger partial charge in [0.05, 0.1) is 0 Å². The molecule has 4 heteroatoms. The van der Waals surface area contributed by atoms with Gasteiger partial charge in [-0.05, 0) is 33.3 Å². The van der Waals surface area contributed by atoms with E-state index < -0.39 is 18.5 Å². The van der Waals surface area contributed by atoms with Crippen LogP contribution >= 0.6 is 7.14 Å². The van der Waals surface area contributed by atoms with E-state index >= 15 is 0 Å². The van der Waals surface area contributed by atoms with E-state index in [-0.39, 0.29) is 0 Å². The number of rotatable bonds is 3. The highest BCUT2D eigenvalue weighted by Crippen LogP contribution is 2.39. The van der Waals surface area contributed by atoms with Gasteiger partial charge in [0.1, 0.15) is 5.60 Å². The Kier molecular flexibility index (Phi) is 3.28. The summed E-state index contributed by atoms with van der Waals surface area (Å²) < 4.78 is 16.1. The summed E-state index contributed by atoms with van der Waals surface area (Å²) in [5.41, 5.74) is -1.38. The zero-order valence-electron chi connectivity index (χ0n) is 7.96. The molecule has 0 amide bonds. The molecule has 3 nitrogen and oxygen atoms in total. The largest absolute Gasteiger partial charge is 0.450 e. The van der Waals surface area contributed by atoms with E-state index in [1.807, 2.05) is 0 Å². The van der Waals surface area contributed by atoms with E-state index in [0.717, 1.165) is 0 Å². The van der Waals surface area contributed by atoms with Crippen molar-refractivity contribution in [2.45, 2.75) is 19.4 Å². The molecule has 0 heterocycles. The Labute approximate surface area is 73.2 Å². The van der Waals surface area contributed by atoms with Crippen molar-refractivity contribution in [2.24, 2.45) is 0 Å². The minimum Gasteiger partial charge on any atom is -0.450 e. The van der Waals surface area contributed by atoms with Crippen LogP contribution in [0, 0.1) is 0 Å². The standard InChI is InChI=1S/C8H15O3P/c1-6-8(2,3)11-7(9)12(4,5)10/h6H,1H2,2-5H3. The van der Waals surface area contributed by atoms with E-state index in [9.17, 15) is 9.36 Å². The van der Waals surface area contributed by atoms with E-state index in [1.54, 1.807) is 13.8 Å². The Hall–Kier alpha value is -0.560. The van der Waals surface area contributed by atoms with Crippen LogP contribution in [0.1, 0.15) is 13.8 Å². The molecule has 12 heavy (non-hydrogen) atoms. The van der Waals surface area contributed by atoms with Gasteiger partial charge in [-0.3, -0.25) is 0 Å². The lowest BCUT2D eigenvalue weighted by atomic mass is 10.1. The summed E-state index contributed by atoms with van der Waals surface area (Å²) in [6.07, 6.45) is 1.50. The summed E-state index contributed by atoms with van der Waals surface area (Å²) in [7, 11) is -2.78. The summed E-state index contributed by atoms with van der Waals surface area (Å²) in [6, 6.07) is 0. The highest BCUT2D eigenvalue weighted by molar-refractivity contribution is 7.78. The van der Waals surface area contributed by atoms with E-state index in [1.165, 1.54) is 19.4 Å². The minimum absolute atomic E-state index is 0.646. The van der Waals surface area contributed by atoms with Crippen LogP contribution in [0.15, 0.2) is 12.7 Å². The quantitative estimate of drug-likeness (QED) is 0.507. The summed E-state index contributed by atoms with van der Waals surface area (Å²) in [4.78, 5) is 11.1. The molecule has 0 spiro atoms. The van der Waals surface area contributed by atoms with Crippen molar-refractivity contribution in [2.75, 3.05) is 13.3 Å². The molecule has 0 aromatic rings. The molecular formula is C8H15O3P. The van der Waals surface area contributed by atoms with Crippen LogP contribution in [0.5, 0.6) is 0 Å². The third-order valence-electron chi connectivity index (χ3n) is 1.28. The lowest BCUT2D eigenvalue weighted by Gasteiger charge is -2.21. The van der Waals surface area contributed by atoms with Crippen LogP contribution in [-0.2, 0) is 9.30 Å². The highest BCUT2D eigenvalue weighted by atomic mass is 31.2. The van der Waals surface area contributed by atoms with Crippen molar-refractivity contribution in [3.05, 3.63) is 12.7 Å². The molecule has 0 fully saturated rings. The maximum Gasteiger partial charge on any atom is 0.364 e. The number of carbonyl (C=O) groups excluding carboxylic acids is 1. The molecule has 0 N–H and O–H groups in total. The van der Waals surface area contributed by atoms with Crippen molar-refractivity contribution in [1.82, 2.24) is 0 Å².